The second-order valence-corrected chi connectivity index (χ2v) is 13.9. The van der Waals surface area contributed by atoms with E-state index in [0.717, 1.165) is 36.5 Å². The second-order valence-electron chi connectivity index (χ2n) is 12.4. The third-order valence-electron chi connectivity index (χ3n) is 7.40. The van der Waals surface area contributed by atoms with Crippen LogP contribution < -0.4 is 16.0 Å². The maximum Gasteiger partial charge on any atom is 0.418 e. The molecular weight excluding hydrogens is 669 g/mol. The third kappa shape index (κ3) is 10.8. The molecule has 48 heavy (non-hydrogen) atoms. The Hall–Kier alpha value is -4.00. The molecule has 0 radical (unpaired) electrons. The van der Waals surface area contributed by atoms with E-state index in [9.17, 15) is 27.6 Å². The number of ether oxygens (including phenoxy) is 1. The summed E-state index contributed by atoms with van der Waals surface area (Å²) in [5.41, 5.74) is 2.27. The predicted molar refractivity (Wildman–Crippen MR) is 180 cm³/mol. The number of hydrogen-bond donors (Lipinski definition) is 3. The van der Waals surface area contributed by atoms with Gasteiger partial charge in [0.15, 0.2) is 0 Å². The highest BCUT2D eigenvalue weighted by Crippen LogP contribution is 2.36. The number of piperidine rings is 1. The van der Waals surface area contributed by atoms with Crippen LogP contribution in [-0.2, 0) is 20.5 Å². The van der Waals surface area contributed by atoms with Crippen LogP contribution in [0.2, 0.25) is 5.02 Å². The Morgan fingerprint density at radius 3 is 2.58 bits per heavy atom. The van der Waals surface area contributed by atoms with Gasteiger partial charge >= 0.3 is 12.3 Å². The molecule has 3 aliphatic rings. The van der Waals surface area contributed by atoms with E-state index < -0.39 is 40.2 Å². The molecule has 4 rings (SSSR count). The Bertz CT molecular complexity index is 1600. The van der Waals surface area contributed by atoms with Gasteiger partial charge in [0.25, 0.3) is 11.8 Å². The maximum atomic E-state index is 13.3. The van der Waals surface area contributed by atoms with Gasteiger partial charge in [0.2, 0.25) is 0 Å². The predicted octanol–water partition coefficient (Wildman–Crippen LogP) is 6.74. The number of amides is 3. The summed E-state index contributed by atoms with van der Waals surface area (Å²) in [4.78, 5) is 49.3. The Labute approximate surface area is 286 Å². The fraction of sp³-hybridized carbons (Fsp3) is 0.455. The van der Waals surface area contributed by atoms with Crippen molar-refractivity contribution in [1.82, 2.24) is 20.5 Å². The van der Waals surface area contributed by atoms with Crippen molar-refractivity contribution in [2.24, 2.45) is 10.9 Å². The van der Waals surface area contributed by atoms with E-state index in [1.165, 1.54) is 6.20 Å². The molecule has 1 fully saturated rings. The third-order valence-corrected chi connectivity index (χ3v) is 9.03. The monoisotopic (exact) mass is 706 g/mol. The standard InChI is InChI=1S/C33H38ClF3N6O4S/c1-20(26-9-7-10-27(48-26)30(45)42-28-17-23(33(35,36)37)24(34)19-40-28)41-29(44)25-16-22(8-5-6-13-38-25)39-18-21-11-14-43(15-12-21)31(46)47-32(2,3)4/h5,9-10,13,16-17,19-21,39H,7-8,11-12,14-15,18H2,1-4H3,(H,41,44)(H,40,42,45). The van der Waals surface area contributed by atoms with Crippen LogP contribution in [0.4, 0.5) is 23.8 Å². The number of hydrogen-bond acceptors (Lipinski definition) is 8. The van der Waals surface area contributed by atoms with E-state index in [1.807, 2.05) is 32.9 Å². The van der Waals surface area contributed by atoms with Crippen LogP contribution in [0.15, 0.2) is 69.0 Å². The van der Waals surface area contributed by atoms with Gasteiger partial charge in [-0.25, -0.2) is 14.8 Å². The Balaban J connectivity index is 1.30. The lowest BCUT2D eigenvalue weighted by Crippen LogP contribution is -2.43. The first kappa shape index (κ1) is 36.8. The van der Waals surface area contributed by atoms with Crippen molar-refractivity contribution in [1.29, 1.82) is 0 Å². The van der Waals surface area contributed by atoms with E-state index in [1.54, 1.807) is 24.0 Å². The van der Waals surface area contributed by atoms with Crippen LogP contribution in [0.25, 0.3) is 0 Å². The topological polar surface area (TPSA) is 125 Å². The van der Waals surface area contributed by atoms with Crippen molar-refractivity contribution >= 4 is 52.8 Å². The molecular formula is C33H38ClF3N6O4S. The van der Waals surface area contributed by atoms with Gasteiger partial charge < -0.3 is 25.6 Å². The van der Waals surface area contributed by atoms with Gasteiger partial charge in [-0.15, -0.1) is 5.73 Å². The van der Waals surface area contributed by atoms with Crippen molar-refractivity contribution in [2.45, 2.75) is 71.2 Å². The lowest BCUT2D eigenvalue weighted by atomic mass is 9.97. The summed E-state index contributed by atoms with van der Waals surface area (Å²) in [6.45, 7) is 9.19. The zero-order valence-corrected chi connectivity index (χ0v) is 28.6. The molecule has 0 saturated carbocycles. The number of likely N-dealkylation sites (tertiary alicyclic amines) is 1. The minimum absolute atomic E-state index is 0.175. The quantitative estimate of drug-likeness (QED) is 0.256. The molecule has 0 bridgehead atoms. The molecule has 1 saturated heterocycles. The van der Waals surface area contributed by atoms with Gasteiger partial charge in [0, 0.05) is 42.9 Å². The highest BCUT2D eigenvalue weighted by atomic mass is 35.5. The number of allylic oxidation sites excluding steroid dienone is 3. The molecule has 3 aliphatic heterocycles. The smallest absolute Gasteiger partial charge is 0.418 e. The lowest BCUT2D eigenvalue weighted by molar-refractivity contribution is -0.137. The number of carbonyl (C=O) groups excluding carboxylic acids is 3. The van der Waals surface area contributed by atoms with Crippen LogP contribution in [0.3, 0.4) is 0 Å². The Morgan fingerprint density at radius 2 is 1.90 bits per heavy atom. The average molecular weight is 707 g/mol. The molecule has 258 valence electrons. The van der Waals surface area contributed by atoms with E-state index in [2.05, 4.69) is 31.7 Å². The molecule has 0 aromatic carbocycles. The number of aromatic nitrogens is 1. The van der Waals surface area contributed by atoms with Crippen molar-refractivity contribution in [3.05, 3.63) is 74.6 Å². The average Bonchev–Trinajstić information content (AvgIpc) is 3.00. The van der Waals surface area contributed by atoms with E-state index >= 15 is 0 Å². The van der Waals surface area contributed by atoms with Gasteiger partial charge in [-0.3, -0.25) is 9.59 Å². The van der Waals surface area contributed by atoms with E-state index in [0.29, 0.717) is 49.4 Å². The van der Waals surface area contributed by atoms with Crippen molar-refractivity contribution < 1.29 is 32.3 Å². The summed E-state index contributed by atoms with van der Waals surface area (Å²) in [6.07, 6.45) is 6.80. The number of alkyl halides is 3. The maximum absolute atomic E-state index is 13.3. The summed E-state index contributed by atoms with van der Waals surface area (Å²) in [6, 6.07) is 0.177. The van der Waals surface area contributed by atoms with Gasteiger partial charge in [-0.1, -0.05) is 35.5 Å². The van der Waals surface area contributed by atoms with Crippen molar-refractivity contribution in [3.63, 3.8) is 0 Å². The van der Waals surface area contributed by atoms with Crippen LogP contribution in [0.5, 0.6) is 0 Å². The minimum Gasteiger partial charge on any atom is -0.444 e. The van der Waals surface area contributed by atoms with Crippen LogP contribution in [-0.4, -0.2) is 64.8 Å². The summed E-state index contributed by atoms with van der Waals surface area (Å²) in [5, 5.41) is 8.17. The molecule has 1 unspecified atom stereocenters. The van der Waals surface area contributed by atoms with E-state index in [4.69, 9.17) is 16.3 Å². The second kappa shape index (κ2) is 15.9. The fourth-order valence-corrected chi connectivity index (χ4v) is 6.10. The highest BCUT2D eigenvalue weighted by molar-refractivity contribution is 8.07. The minimum atomic E-state index is -4.71. The molecule has 1 aromatic heterocycles. The van der Waals surface area contributed by atoms with Crippen LogP contribution in [0, 0.1) is 5.92 Å². The number of pyridine rings is 1. The summed E-state index contributed by atoms with van der Waals surface area (Å²) in [5.74, 6) is -1.02. The fourth-order valence-electron chi connectivity index (χ4n) is 4.90. The largest absolute Gasteiger partial charge is 0.444 e. The molecule has 0 aliphatic carbocycles. The molecule has 3 amide bonds. The van der Waals surface area contributed by atoms with Gasteiger partial charge in [-0.2, -0.15) is 13.2 Å². The number of aliphatic imine (C=N–C) groups is 1. The molecule has 10 nitrogen and oxygen atoms in total. The molecule has 15 heteroatoms. The summed E-state index contributed by atoms with van der Waals surface area (Å²) in [7, 11) is 0. The molecule has 3 N–H and O–H groups in total. The summed E-state index contributed by atoms with van der Waals surface area (Å²) >= 11 is 6.73. The van der Waals surface area contributed by atoms with Crippen LogP contribution in [0.1, 0.15) is 58.9 Å². The Morgan fingerprint density at radius 1 is 1.17 bits per heavy atom. The van der Waals surface area contributed by atoms with Crippen LogP contribution >= 0.6 is 23.4 Å². The number of anilines is 1. The van der Waals surface area contributed by atoms with Gasteiger partial charge in [0.05, 0.1) is 27.7 Å². The lowest BCUT2D eigenvalue weighted by Gasteiger charge is -2.33. The van der Waals surface area contributed by atoms with Crippen molar-refractivity contribution in [2.75, 3.05) is 25.0 Å². The van der Waals surface area contributed by atoms with Gasteiger partial charge in [0.1, 0.15) is 17.1 Å². The number of nitrogens with zero attached hydrogens (tertiary/aromatic N) is 3. The van der Waals surface area contributed by atoms with E-state index in [-0.39, 0.29) is 22.5 Å². The first-order chi connectivity index (χ1) is 22.6. The van der Waals surface area contributed by atoms with Crippen molar-refractivity contribution in [3.8, 4) is 0 Å². The molecule has 0 spiro atoms. The number of nitrogens with one attached hydrogen (secondary N) is 3. The van der Waals surface area contributed by atoms with Gasteiger partial charge in [-0.05, 0) is 71.1 Å². The first-order valence-corrected chi connectivity index (χ1v) is 16.6. The number of rotatable bonds is 8. The molecule has 1 aromatic rings. The SMILES string of the molecule is CC(NC(=O)C1=NC=C=CCC(NCC2CCN(C(=O)OC(C)(C)C)CC2)=C1)C1=CCC=C(C(=O)Nc2cc(C(F)(F)F)c(Cl)cn2)S1. The zero-order chi connectivity index (χ0) is 35.1. The first-order valence-electron chi connectivity index (χ1n) is 15.4. The molecule has 1 atom stereocenters. The Kier molecular flexibility index (Phi) is 12.2. The normalized spacial score (nSPS) is 18.0. The zero-order valence-electron chi connectivity index (χ0n) is 27.0. The molecule has 4 heterocycles. The number of carbonyl (C=O) groups is 3. The highest BCUT2D eigenvalue weighted by Gasteiger charge is 2.34. The summed E-state index contributed by atoms with van der Waals surface area (Å²) < 4.78 is 45.2. The number of thioether (sulfide) groups is 1. The number of halogens is 4.